The minimum absolute atomic E-state index is 0.224. The van der Waals surface area contributed by atoms with Gasteiger partial charge in [0.25, 0.3) is 0 Å². The molecule has 0 bridgehead atoms. The van der Waals surface area contributed by atoms with E-state index < -0.39 is 6.36 Å². The van der Waals surface area contributed by atoms with Crippen molar-refractivity contribution >= 4 is 58.3 Å². The molecule has 1 heterocycles. The van der Waals surface area contributed by atoms with Gasteiger partial charge < -0.3 is 15.4 Å². The summed E-state index contributed by atoms with van der Waals surface area (Å²) >= 11 is 8.12. The van der Waals surface area contributed by atoms with E-state index in [4.69, 9.17) is 17.3 Å². The fourth-order valence-corrected chi connectivity index (χ4v) is 5.07. The van der Waals surface area contributed by atoms with Gasteiger partial charge in [0.1, 0.15) is 17.9 Å². The van der Waals surface area contributed by atoms with Crippen molar-refractivity contribution in [1.82, 2.24) is 0 Å². The molecule has 0 spiro atoms. The molecule has 1 saturated heterocycles. The molecule has 4 rings (SSSR count). The SMILES string of the molecule is Cc1cccc(Cl)c1N1/C(=N\N=C/c2ccc(C(N)=NC=Nc3ccc(OC(F)(F)F)cc3)cc2)SCC1C. The van der Waals surface area contributed by atoms with Crippen molar-refractivity contribution in [3.05, 3.63) is 88.4 Å². The third-order valence-corrected chi connectivity index (χ3v) is 7.05. The van der Waals surface area contributed by atoms with Crippen molar-refractivity contribution in [3.63, 3.8) is 0 Å². The van der Waals surface area contributed by atoms with Crippen molar-refractivity contribution in [2.45, 2.75) is 26.3 Å². The fourth-order valence-electron chi connectivity index (χ4n) is 3.70. The number of halogens is 4. The van der Waals surface area contributed by atoms with Gasteiger partial charge in [0, 0.05) is 17.4 Å². The number of alkyl halides is 3. The first-order chi connectivity index (χ1) is 18.6. The van der Waals surface area contributed by atoms with Crippen molar-refractivity contribution in [2.24, 2.45) is 25.9 Å². The average Bonchev–Trinajstić information content (AvgIpc) is 3.24. The molecule has 12 heteroatoms. The van der Waals surface area contributed by atoms with E-state index in [0.717, 1.165) is 27.7 Å². The molecular formula is C27H24ClF3N6OS. The van der Waals surface area contributed by atoms with Crippen LogP contribution < -0.4 is 15.4 Å². The summed E-state index contributed by atoms with van der Waals surface area (Å²) in [6.07, 6.45) is -1.87. The first kappa shape index (κ1) is 28.2. The van der Waals surface area contributed by atoms with Crippen LogP contribution in [0.4, 0.5) is 24.5 Å². The predicted molar refractivity (Wildman–Crippen MR) is 154 cm³/mol. The number of nitrogens with two attached hydrogens (primary N) is 1. The Morgan fingerprint density at radius 1 is 1.10 bits per heavy atom. The molecule has 1 unspecified atom stereocenters. The largest absolute Gasteiger partial charge is 0.573 e. The van der Waals surface area contributed by atoms with E-state index in [-0.39, 0.29) is 17.6 Å². The molecule has 0 amide bonds. The number of ether oxygens (including phenoxy) is 1. The molecule has 3 aromatic rings. The molecule has 0 aromatic heterocycles. The van der Waals surface area contributed by atoms with E-state index in [1.807, 2.05) is 37.3 Å². The van der Waals surface area contributed by atoms with Crippen LogP contribution in [0.15, 0.2) is 86.9 Å². The molecule has 0 saturated carbocycles. The van der Waals surface area contributed by atoms with Gasteiger partial charge in [0.2, 0.25) is 0 Å². The highest BCUT2D eigenvalue weighted by Crippen LogP contribution is 2.37. The second kappa shape index (κ2) is 12.4. The van der Waals surface area contributed by atoms with Gasteiger partial charge in [0.05, 0.1) is 22.6 Å². The molecular weight excluding hydrogens is 549 g/mol. The minimum atomic E-state index is -4.75. The first-order valence-corrected chi connectivity index (χ1v) is 13.1. The summed E-state index contributed by atoms with van der Waals surface area (Å²) in [7, 11) is 0. The van der Waals surface area contributed by atoms with Crippen LogP contribution in [0.2, 0.25) is 5.02 Å². The molecule has 39 heavy (non-hydrogen) atoms. The van der Waals surface area contributed by atoms with Gasteiger partial charge in [0.15, 0.2) is 5.17 Å². The molecule has 0 radical (unpaired) electrons. The predicted octanol–water partition coefficient (Wildman–Crippen LogP) is 6.94. The third-order valence-electron chi connectivity index (χ3n) is 5.56. The Balaban J connectivity index is 1.39. The van der Waals surface area contributed by atoms with Gasteiger partial charge >= 0.3 is 6.36 Å². The molecule has 2 N–H and O–H groups in total. The minimum Gasteiger partial charge on any atom is -0.406 e. The number of benzene rings is 3. The Bertz CT molecular complexity index is 1400. The van der Waals surface area contributed by atoms with Crippen LogP contribution in [0.25, 0.3) is 0 Å². The monoisotopic (exact) mass is 572 g/mol. The van der Waals surface area contributed by atoms with Crippen molar-refractivity contribution in [2.75, 3.05) is 10.7 Å². The first-order valence-electron chi connectivity index (χ1n) is 11.7. The quantitative estimate of drug-likeness (QED) is 0.189. The topological polar surface area (TPSA) is 87.9 Å². The fraction of sp³-hybridized carbons (Fsp3) is 0.185. The summed E-state index contributed by atoms with van der Waals surface area (Å²) in [6, 6.07) is 18.4. The van der Waals surface area contributed by atoms with Crippen molar-refractivity contribution < 1.29 is 17.9 Å². The van der Waals surface area contributed by atoms with Gasteiger partial charge in [-0.2, -0.15) is 5.10 Å². The Hall–Kier alpha value is -3.83. The summed E-state index contributed by atoms with van der Waals surface area (Å²) < 4.78 is 40.6. The Kier molecular flexibility index (Phi) is 8.93. The lowest BCUT2D eigenvalue weighted by atomic mass is 10.1. The highest BCUT2D eigenvalue weighted by Gasteiger charge is 2.31. The highest BCUT2D eigenvalue weighted by molar-refractivity contribution is 8.14. The van der Waals surface area contributed by atoms with Gasteiger partial charge in [-0.1, -0.05) is 59.8 Å². The van der Waals surface area contributed by atoms with Crippen LogP contribution in [-0.2, 0) is 0 Å². The number of amidine groups is 2. The molecule has 3 aromatic carbocycles. The van der Waals surface area contributed by atoms with E-state index in [0.29, 0.717) is 16.3 Å². The number of rotatable bonds is 7. The smallest absolute Gasteiger partial charge is 0.406 e. The van der Waals surface area contributed by atoms with Crippen molar-refractivity contribution in [1.29, 1.82) is 0 Å². The Labute approximate surface area is 233 Å². The molecule has 1 atom stereocenters. The third kappa shape index (κ3) is 7.61. The number of para-hydroxylation sites is 1. The second-order valence-electron chi connectivity index (χ2n) is 8.49. The lowest BCUT2D eigenvalue weighted by Gasteiger charge is -2.25. The molecule has 202 valence electrons. The van der Waals surface area contributed by atoms with Crippen LogP contribution in [-0.4, -0.2) is 41.7 Å². The van der Waals surface area contributed by atoms with Crippen LogP contribution in [0.3, 0.4) is 0 Å². The van der Waals surface area contributed by atoms with Gasteiger partial charge in [-0.3, -0.25) is 0 Å². The number of hydrogen-bond donors (Lipinski definition) is 1. The van der Waals surface area contributed by atoms with Crippen LogP contribution in [0.1, 0.15) is 23.6 Å². The average molecular weight is 573 g/mol. The van der Waals surface area contributed by atoms with Crippen LogP contribution >= 0.6 is 23.4 Å². The Morgan fingerprint density at radius 2 is 1.82 bits per heavy atom. The molecule has 1 aliphatic rings. The maximum Gasteiger partial charge on any atom is 0.573 e. The summed E-state index contributed by atoms with van der Waals surface area (Å²) in [6.45, 7) is 4.15. The number of nitrogens with zero attached hydrogens (tertiary/aromatic N) is 5. The number of thioether (sulfide) groups is 1. The zero-order valence-electron chi connectivity index (χ0n) is 20.9. The second-order valence-corrected chi connectivity index (χ2v) is 9.88. The molecule has 1 aliphatic heterocycles. The van der Waals surface area contributed by atoms with E-state index in [1.54, 1.807) is 30.1 Å². The molecule has 0 aliphatic carbocycles. The number of anilines is 1. The van der Waals surface area contributed by atoms with Gasteiger partial charge in [-0.05, 0) is 55.3 Å². The van der Waals surface area contributed by atoms with Crippen LogP contribution in [0, 0.1) is 6.92 Å². The lowest BCUT2D eigenvalue weighted by Crippen LogP contribution is -2.32. The highest BCUT2D eigenvalue weighted by atomic mass is 35.5. The summed E-state index contributed by atoms with van der Waals surface area (Å²) in [5.41, 5.74) is 9.93. The maximum absolute atomic E-state index is 12.3. The normalized spacial score (nSPS) is 17.6. The zero-order chi connectivity index (χ0) is 28.0. The summed E-state index contributed by atoms with van der Waals surface area (Å²) in [5, 5.41) is 10.2. The van der Waals surface area contributed by atoms with E-state index in [9.17, 15) is 13.2 Å². The van der Waals surface area contributed by atoms with Crippen molar-refractivity contribution in [3.8, 4) is 5.75 Å². The maximum atomic E-state index is 12.3. The van der Waals surface area contributed by atoms with E-state index in [1.165, 1.54) is 30.6 Å². The van der Waals surface area contributed by atoms with Gasteiger partial charge in [-0.15, -0.1) is 18.3 Å². The number of aryl methyl sites for hydroxylation is 1. The summed E-state index contributed by atoms with van der Waals surface area (Å²) in [5.74, 6) is 0.776. The standard InChI is InChI=1S/C27H24ClF3N6OS/c1-17-4-3-5-23(28)24(17)37-18(2)15-39-26(37)36-35-14-19-6-8-20(9-7-19)25(32)34-16-33-21-10-12-22(13-11-21)38-27(29,30)31/h3-14,16,18H,15H2,1-2H3,(H2,32,33,34)/b35-14-,36-26+. The van der Waals surface area contributed by atoms with Crippen LogP contribution in [0.5, 0.6) is 5.75 Å². The molecule has 1 fully saturated rings. The lowest BCUT2D eigenvalue weighted by molar-refractivity contribution is -0.274. The molecule has 7 nitrogen and oxygen atoms in total. The zero-order valence-corrected chi connectivity index (χ0v) is 22.5. The Morgan fingerprint density at radius 3 is 2.49 bits per heavy atom. The number of aliphatic imine (C=N–C) groups is 2. The van der Waals surface area contributed by atoms with E-state index in [2.05, 4.69) is 36.7 Å². The van der Waals surface area contributed by atoms with Gasteiger partial charge in [-0.25, -0.2) is 9.98 Å². The number of hydrogen-bond acceptors (Lipinski definition) is 5. The van der Waals surface area contributed by atoms with E-state index >= 15 is 0 Å². The summed E-state index contributed by atoms with van der Waals surface area (Å²) in [4.78, 5) is 10.3.